The van der Waals surface area contributed by atoms with Gasteiger partial charge in [-0.15, -0.1) is 10.2 Å². The van der Waals surface area contributed by atoms with E-state index in [-0.39, 0.29) is 31.1 Å². The van der Waals surface area contributed by atoms with Crippen LogP contribution in [-0.2, 0) is 20.9 Å². The number of fused-ring (bicyclic) bond motifs is 1. The van der Waals surface area contributed by atoms with Gasteiger partial charge in [0, 0.05) is 25.2 Å². The first-order valence-corrected chi connectivity index (χ1v) is 8.79. The molecule has 2 saturated heterocycles. The number of carbonyl (C=O) groups is 2. The van der Waals surface area contributed by atoms with Crippen LogP contribution < -0.4 is 5.32 Å². The molecule has 0 radical (unpaired) electrons. The van der Waals surface area contributed by atoms with Gasteiger partial charge in [0.2, 0.25) is 5.91 Å². The van der Waals surface area contributed by atoms with Crippen molar-refractivity contribution in [1.82, 2.24) is 25.0 Å². The predicted octanol–water partition coefficient (Wildman–Crippen LogP) is 0.310. The lowest BCUT2D eigenvalue weighted by Crippen LogP contribution is -2.43. The molecule has 2 aliphatic rings. The lowest BCUT2D eigenvalue weighted by Gasteiger charge is -2.35. The van der Waals surface area contributed by atoms with Gasteiger partial charge in [-0.25, -0.2) is 0 Å². The predicted molar refractivity (Wildman–Crippen MR) is 95.8 cm³/mol. The standard InChI is InChI=1S/C17H21N5O2.CH2O2/c23-17(9-21-11-18-19-12-21)20-14-6-15-10-24-16(8-22(15)7-14)13-4-2-1-3-5-13;2-1-3/h1-5,11-12,14-16H,6-10H2,(H,20,23);1H,(H,2,3)/t14-,15+,16-;/m1./s1. The zero-order valence-electron chi connectivity index (χ0n) is 14.8. The first kappa shape index (κ1) is 19.0. The van der Waals surface area contributed by atoms with E-state index in [2.05, 4.69) is 32.5 Å². The van der Waals surface area contributed by atoms with Gasteiger partial charge in [0.1, 0.15) is 19.2 Å². The minimum Gasteiger partial charge on any atom is -0.483 e. The Morgan fingerprint density at radius 2 is 1.96 bits per heavy atom. The van der Waals surface area contributed by atoms with Gasteiger partial charge in [-0.05, 0) is 12.0 Å². The SMILES string of the molecule is O=C(Cn1cnnc1)N[C@@H]1C[C@H]2CO[C@@H](c3ccccc3)CN2C1.O=CO. The van der Waals surface area contributed by atoms with Crippen LogP contribution >= 0.6 is 0 Å². The van der Waals surface area contributed by atoms with Crippen LogP contribution in [0.25, 0.3) is 0 Å². The molecule has 0 unspecified atom stereocenters. The van der Waals surface area contributed by atoms with Crippen molar-refractivity contribution in [3.63, 3.8) is 0 Å². The Morgan fingerprint density at radius 3 is 2.67 bits per heavy atom. The zero-order chi connectivity index (χ0) is 19.1. The number of benzene rings is 1. The maximum absolute atomic E-state index is 12.1. The molecule has 0 bridgehead atoms. The van der Waals surface area contributed by atoms with E-state index in [0.29, 0.717) is 6.04 Å². The third kappa shape index (κ3) is 5.11. The van der Waals surface area contributed by atoms with Crippen molar-refractivity contribution >= 4 is 12.4 Å². The summed E-state index contributed by atoms with van der Waals surface area (Å²) in [7, 11) is 0. The van der Waals surface area contributed by atoms with E-state index in [1.807, 2.05) is 18.2 Å². The number of carboxylic acid groups (broad SMARTS) is 1. The van der Waals surface area contributed by atoms with Gasteiger partial charge in [0.25, 0.3) is 6.47 Å². The Labute approximate surface area is 156 Å². The molecule has 1 amide bonds. The molecule has 144 valence electrons. The number of nitrogens with zero attached hydrogens (tertiary/aromatic N) is 4. The van der Waals surface area contributed by atoms with Crippen LogP contribution in [0.2, 0.25) is 0 Å². The van der Waals surface area contributed by atoms with Crippen LogP contribution in [0.3, 0.4) is 0 Å². The minimum absolute atomic E-state index is 0.000162. The molecule has 3 heterocycles. The number of morpholine rings is 1. The molecule has 9 heteroatoms. The molecule has 0 aliphatic carbocycles. The van der Waals surface area contributed by atoms with E-state index < -0.39 is 0 Å². The van der Waals surface area contributed by atoms with Crippen LogP contribution in [0.4, 0.5) is 0 Å². The molecular formula is C18H23N5O4. The van der Waals surface area contributed by atoms with E-state index >= 15 is 0 Å². The molecule has 1 aromatic heterocycles. The van der Waals surface area contributed by atoms with Crippen LogP contribution in [0, 0.1) is 0 Å². The van der Waals surface area contributed by atoms with Crippen LogP contribution in [-0.4, -0.2) is 68.9 Å². The highest BCUT2D eigenvalue weighted by Crippen LogP contribution is 2.30. The van der Waals surface area contributed by atoms with Gasteiger partial charge >= 0.3 is 0 Å². The van der Waals surface area contributed by atoms with Crippen molar-refractivity contribution in [2.24, 2.45) is 0 Å². The largest absolute Gasteiger partial charge is 0.483 e. The molecule has 1 aromatic carbocycles. The summed E-state index contributed by atoms with van der Waals surface area (Å²) < 4.78 is 7.71. The Kier molecular flexibility index (Phi) is 6.50. The fraction of sp³-hybridized carbons (Fsp3) is 0.444. The third-order valence-corrected chi connectivity index (χ3v) is 4.75. The third-order valence-electron chi connectivity index (χ3n) is 4.75. The Morgan fingerprint density at radius 1 is 1.26 bits per heavy atom. The summed E-state index contributed by atoms with van der Waals surface area (Å²) >= 11 is 0. The fourth-order valence-corrected chi connectivity index (χ4v) is 3.59. The lowest BCUT2D eigenvalue weighted by atomic mass is 10.1. The maximum Gasteiger partial charge on any atom is 0.290 e. The molecule has 2 aromatic rings. The van der Waals surface area contributed by atoms with Gasteiger partial charge in [0.15, 0.2) is 0 Å². The summed E-state index contributed by atoms with van der Waals surface area (Å²) in [6, 6.07) is 10.9. The van der Waals surface area contributed by atoms with Crippen LogP contribution in [0.5, 0.6) is 0 Å². The molecular weight excluding hydrogens is 350 g/mol. The quantitative estimate of drug-likeness (QED) is 0.742. The summed E-state index contributed by atoms with van der Waals surface area (Å²) in [4.78, 5) is 22.9. The van der Waals surface area contributed by atoms with Gasteiger partial charge < -0.3 is 19.7 Å². The van der Waals surface area contributed by atoms with Crippen molar-refractivity contribution in [3.05, 3.63) is 48.5 Å². The highest BCUT2D eigenvalue weighted by molar-refractivity contribution is 5.76. The van der Waals surface area contributed by atoms with Crippen molar-refractivity contribution in [3.8, 4) is 0 Å². The number of rotatable bonds is 4. The molecule has 2 fully saturated rings. The van der Waals surface area contributed by atoms with Crippen molar-refractivity contribution in [2.45, 2.75) is 31.2 Å². The summed E-state index contributed by atoms with van der Waals surface area (Å²) in [6.07, 6.45) is 4.16. The van der Waals surface area contributed by atoms with Gasteiger partial charge in [-0.3, -0.25) is 14.5 Å². The van der Waals surface area contributed by atoms with E-state index in [1.54, 1.807) is 17.2 Å². The van der Waals surface area contributed by atoms with E-state index in [4.69, 9.17) is 14.6 Å². The second-order valence-corrected chi connectivity index (χ2v) is 6.58. The second kappa shape index (κ2) is 9.24. The number of carbonyl (C=O) groups excluding carboxylic acids is 1. The number of nitrogens with one attached hydrogen (secondary N) is 1. The minimum atomic E-state index is -0.250. The number of aromatic nitrogens is 3. The summed E-state index contributed by atoms with van der Waals surface area (Å²) in [5.41, 5.74) is 1.22. The molecule has 2 N–H and O–H groups in total. The van der Waals surface area contributed by atoms with E-state index in [1.165, 1.54) is 5.56 Å². The number of hydrogen-bond acceptors (Lipinski definition) is 6. The van der Waals surface area contributed by atoms with Crippen molar-refractivity contribution in [1.29, 1.82) is 0 Å². The Balaban J connectivity index is 0.000000659. The van der Waals surface area contributed by atoms with Gasteiger partial charge in [0.05, 0.1) is 12.7 Å². The number of hydrogen-bond donors (Lipinski definition) is 2. The first-order valence-electron chi connectivity index (χ1n) is 8.79. The highest BCUT2D eigenvalue weighted by Gasteiger charge is 2.38. The molecule has 3 atom stereocenters. The summed E-state index contributed by atoms with van der Waals surface area (Å²) in [5.74, 6) is 0.000162. The summed E-state index contributed by atoms with van der Waals surface area (Å²) in [5, 5.41) is 17.4. The Bertz CT molecular complexity index is 725. The Hall–Kier alpha value is -2.78. The number of ether oxygens (including phenoxy) is 1. The summed E-state index contributed by atoms with van der Waals surface area (Å²) in [6.45, 7) is 2.49. The topological polar surface area (TPSA) is 110 Å². The molecule has 2 aliphatic heterocycles. The first-order chi connectivity index (χ1) is 13.2. The molecule has 27 heavy (non-hydrogen) atoms. The van der Waals surface area contributed by atoms with Crippen LogP contribution in [0.15, 0.2) is 43.0 Å². The smallest absolute Gasteiger partial charge is 0.290 e. The average molecular weight is 373 g/mol. The van der Waals surface area contributed by atoms with E-state index in [9.17, 15) is 4.79 Å². The highest BCUT2D eigenvalue weighted by atomic mass is 16.5. The van der Waals surface area contributed by atoms with Crippen molar-refractivity contribution < 1.29 is 19.4 Å². The van der Waals surface area contributed by atoms with Crippen LogP contribution in [0.1, 0.15) is 18.1 Å². The fourth-order valence-electron chi connectivity index (χ4n) is 3.59. The van der Waals surface area contributed by atoms with Gasteiger partial charge in [-0.1, -0.05) is 30.3 Å². The molecule has 0 saturated carbocycles. The normalized spacial score (nSPS) is 24.4. The lowest BCUT2D eigenvalue weighted by molar-refractivity contribution is -0.123. The second-order valence-electron chi connectivity index (χ2n) is 6.58. The zero-order valence-corrected chi connectivity index (χ0v) is 14.8. The molecule has 0 spiro atoms. The monoisotopic (exact) mass is 373 g/mol. The average Bonchev–Trinajstić information content (AvgIpc) is 3.31. The van der Waals surface area contributed by atoms with E-state index in [0.717, 1.165) is 26.1 Å². The maximum atomic E-state index is 12.1. The van der Waals surface area contributed by atoms with Gasteiger partial charge in [-0.2, -0.15) is 0 Å². The number of amides is 1. The molecule has 9 nitrogen and oxygen atoms in total. The van der Waals surface area contributed by atoms with Crippen molar-refractivity contribution in [2.75, 3.05) is 19.7 Å². The molecule has 4 rings (SSSR count).